The Balaban J connectivity index is 2.70. The van der Waals surface area contributed by atoms with Crippen molar-refractivity contribution in [3.63, 3.8) is 0 Å². The highest BCUT2D eigenvalue weighted by Crippen LogP contribution is 2.34. The van der Waals surface area contributed by atoms with Crippen molar-refractivity contribution in [1.29, 1.82) is 0 Å². The Labute approximate surface area is 103 Å². The van der Waals surface area contributed by atoms with E-state index < -0.39 is 10.0 Å². The highest BCUT2D eigenvalue weighted by atomic mass is 32.2. The van der Waals surface area contributed by atoms with Crippen molar-refractivity contribution in [2.45, 2.75) is 27.2 Å². The Morgan fingerprint density at radius 1 is 1.50 bits per heavy atom. The van der Waals surface area contributed by atoms with E-state index in [-0.39, 0.29) is 16.2 Å². The number of nitrogens with zero attached hydrogens (tertiary/aromatic N) is 1. The van der Waals surface area contributed by atoms with E-state index in [1.54, 1.807) is 0 Å². The number of rotatable bonds is 3. The lowest BCUT2D eigenvalue weighted by Crippen LogP contribution is -2.36. The van der Waals surface area contributed by atoms with Crippen LogP contribution in [0, 0.1) is 11.3 Å². The predicted molar refractivity (Wildman–Crippen MR) is 69.7 cm³/mol. The fourth-order valence-electron chi connectivity index (χ4n) is 1.96. The van der Waals surface area contributed by atoms with Gasteiger partial charge in [-0.1, -0.05) is 33.0 Å². The van der Waals surface area contributed by atoms with Gasteiger partial charge >= 0.3 is 0 Å². The van der Waals surface area contributed by atoms with Gasteiger partial charge in [-0.05, 0) is 17.8 Å². The maximum atomic E-state index is 11.9. The van der Waals surface area contributed by atoms with Crippen molar-refractivity contribution >= 4 is 27.2 Å². The van der Waals surface area contributed by atoms with Crippen molar-refractivity contribution in [3.8, 4) is 0 Å². The average Bonchev–Trinajstić information content (AvgIpc) is 2.47. The molecule has 1 aliphatic heterocycles. The van der Waals surface area contributed by atoms with E-state index in [0.29, 0.717) is 19.0 Å². The Hall–Kier alpha value is -0.200. The van der Waals surface area contributed by atoms with E-state index in [9.17, 15) is 8.42 Å². The summed E-state index contributed by atoms with van der Waals surface area (Å²) in [4.78, 5) is 0.0409. The predicted octanol–water partition coefficient (Wildman–Crippen LogP) is 0.970. The maximum Gasteiger partial charge on any atom is 0.220 e. The molecule has 1 saturated heterocycles. The van der Waals surface area contributed by atoms with Crippen molar-refractivity contribution in [2.75, 3.05) is 18.8 Å². The summed E-state index contributed by atoms with van der Waals surface area (Å²) in [6.45, 7) is 7.60. The molecule has 0 aromatic heterocycles. The van der Waals surface area contributed by atoms with Crippen molar-refractivity contribution in [2.24, 2.45) is 17.1 Å². The van der Waals surface area contributed by atoms with Crippen LogP contribution in [0.15, 0.2) is 0 Å². The summed E-state index contributed by atoms with van der Waals surface area (Å²) >= 11 is 4.65. The van der Waals surface area contributed by atoms with Crippen molar-refractivity contribution < 1.29 is 8.42 Å². The molecule has 94 valence electrons. The quantitative estimate of drug-likeness (QED) is 0.772. The van der Waals surface area contributed by atoms with E-state index in [1.807, 2.05) is 0 Å². The van der Waals surface area contributed by atoms with Gasteiger partial charge in [-0.3, -0.25) is 0 Å². The molecule has 1 fully saturated rings. The summed E-state index contributed by atoms with van der Waals surface area (Å²) in [5, 5.41) is 0. The minimum atomic E-state index is -3.29. The molecule has 0 spiro atoms. The van der Waals surface area contributed by atoms with E-state index in [2.05, 4.69) is 33.0 Å². The second-order valence-corrected chi connectivity index (χ2v) is 7.93. The molecule has 1 unspecified atom stereocenters. The molecule has 16 heavy (non-hydrogen) atoms. The lowest BCUT2D eigenvalue weighted by atomic mass is 9.80. The first-order valence-electron chi connectivity index (χ1n) is 5.39. The molecule has 1 heterocycles. The third-order valence-corrected chi connectivity index (χ3v) is 5.22. The summed E-state index contributed by atoms with van der Waals surface area (Å²) < 4.78 is 25.3. The average molecular weight is 264 g/mol. The molecule has 1 rings (SSSR count). The molecule has 6 heteroatoms. The molecule has 0 amide bonds. The summed E-state index contributed by atoms with van der Waals surface area (Å²) in [5.74, 6) is 0.202. The number of thiocarbonyl (C=S) groups is 1. The summed E-state index contributed by atoms with van der Waals surface area (Å²) in [6.07, 6.45) is 0.917. The van der Waals surface area contributed by atoms with Gasteiger partial charge < -0.3 is 5.73 Å². The minimum absolute atomic E-state index is 0.0409. The number of hydrogen-bond acceptors (Lipinski definition) is 3. The molecule has 1 aliphatic rings. The molecular formula is C10H20N2O2S2. The highest BCUT2D eigenvalue weighted by molar-refractivity contribution is 7.92. The largest absolute Gasteiger partial charge is 0.392 e. The van der Waals surface area contributed by atoms with Crippen LogP contribution in [0.3, 0.4) is 0 Å². The molecule has 0 aliphatic carbocycles. The first-order chi connectivity index (χ1) is 7.13. The normalized spacial score (nSPS) is 23.6. The second kappa shape index (κ2) is 4.58. The van der Waals surface area contributed by atoms with Crippen molar-refractivity contribution in [1.82, 2.24) is 4.31 Å². The zero-order valence-electron chi connectivity index (χ0n) is 10.1. The Bertz CT molecular complexity index is 371. The summed E-state index contributed by atoms with van der Waals surface area (Å²) in [5.41, 5.74) is 5.44. The van der Waals surface area contributed by atoms with E-state index in [0.717, 1.165) is 6.42 Å². The van der Waals surface area contributed by atoms with E-state index in [1.165, 1.54) is 4.31 Å². The van der Waals surface area contributed by atoms with Crippen LogP contribution < -0.4 is 5.73 Å². The monoisotopic (exact) mass is 264 g/mol. The summed E-state index contributed by atoms with van der Waals surface area (Å²) in [6, 6.07) is 0. The Kier molecular flexibility index (Phi) is 3.97. The van der Waals surface area contributed by atoms with Crippen LogP contribution in [0.4, 0.5) is 0 Å². The van der Waals surface area contributed by atoms with Crippen LogP contribution in [0.25, 0.3) is 0 Å². The maximum absolute atomic E-state index is 11.9. The first kappa shape index (κ1) is 13.9. The zero-order chi connectivity index (χ0) is 12.6. The standard InChI is InChI=1S/C10H20N2O2S2/c1-10(2,3)8-4-5-12(6-8)16(13,14)7-9(11)15/h8H,4-7H2,1-3H3,(H2,11,15). The van der Waals surface area contributed by atoms with Gasteiger partial charge in [0.25, 0.3) is 0 Å². The van der Waals surface area contributed by atoms with Crippen LogP contribution >= 0.6 is 12.2 Å². The van der Waals surface area contributed by atoms with Crippen LogP contribution in [0.5, 0.6) is 0 Å². The first-order valence-corrected chi connectivity index (χ1v) is 7.41. The molecule has 0 radical (unpaired) electrons. The lowest BCUT2D eigenvalue weighted by Gasteiger charge is -2.26. The number of nitrogens with two attached hydrogens (primary N) is 1. The lowest BCUT2D eigenvalue weighted by molar-refractivity contribution is 0.252. The molecule has 4 nitrogen and oxygen atoms in total. The Morgan fingerprint density at radius 3 is 2.44 bits per heavy atom. The summed E-state index contributed by atoms with van der Waals surface area (Å²) in [7, 11) is -3.29. The molecular weight excluding hydrogens is 244 g/mol. The van der Waals surface area contributed by atoms with Gasteiger partial charge in [0.05, 0.1) is 4.99 Å². The number of hydrogen-bond donors (Lipinski definition) is 1. The topological polar surface area (TPSA) is 63.4 Å². The molecule has 0 aromatic carbocycles. The van der Waals surface area contributed by atoms with Crippen LogP contribution in [-0.2, 0) is 10.0 Å². The fraction of sp³-hybridized carbons (Fsp3) is 0.900. The number of sulfonamides is 1. The van der Waals surface area contributed by atoms with Crippen LogP contribution in [-0.4, -0.2) is 36.6 Å². The smallest absolute Gasteiger partial charge is 0.220 e. The van der Waals surface area contributed by atoms with Crippen LogP contribution in [0.2, 0.25) is 0 Å². The molecule has 2 N–H and O–H groups in total. The molecule has 0 saturated carbocycles. The van der Waals surface area contributed by atoms with Gasteiger partial charge in [-0.25, -0.2) is 12.7 Å². The fourth-order valence-corrected chi connectivity index (χ4v) is 3.74. The van der Waals surface area contributed by atoms with Gasteiger partial charge in [-0.15, -0.1) is 0 Å². The molecule has 0 aromatic rings. The van der Waals surface area contributed by atoms with Crippen LogP contribution in [0.1, 0.15) is 27.2 Å². The highest BCUT2D eigenvalue weighted by Gasteiger charge is 2.36. The molecule has 1 atom stereocenters. The molecule has 0 bridgehead atoms. The second-order valence-electron chi connectivity index (χ2n) is 5.43. The Morgan fingerprint density at radius 2 is 2.06 bits per heavy atom. The minimum Gasteiger partial charge on any atom is -0.392 e. The third-order valence-electron chi connectivity index (χ3n) is 3.09. The van der Waals surface area contributed by atoms with E-state index in [4.69, 9.17) is 5.73 Å². The van der Waals surface area contributed by atoms with Gasteiger partial charge in [0.1, 0.15) is 5.75 Å². The third kappa shape index (κ3) is 3.40. The van der Waals surface area contributed by atoms with Gasteiger partial charge in [0, 0.05) is 13.1 Å². The van der Waals surface area contributed by atoms with E-state index >= 15 is 0 Å². The SMILES string of the molecule is CC(C)(C)C1CCN(S(=O)(=O)CC(N)=S)C1. The van der Waals surface area contributed by atoms with Gasteiger partial charge in [-0.2, -0.15) is 0 Å². The van der Waals surface area contributed by atoms with Crippen molar-refractivity contribution in [3.05, 3.63) is 0 Å². The van der Waals surface area contributed by atoms with Gasteiger partial charge in [0.2, 0.25) is 10.0 Å². The zero-order valence-corrected chi connectivity index (χ0v) is 11.7. The van der Waals surface area contributed by atoms with Gasteiger partial charge in [0.15, 0.2) is 0 Å².